The van der Waals surface area contributed by atoms with Crippen LogP contribution in [0.2, 0.25) is 0 Å². The fraction of sp³-hybridized carbons (Fsp3) is 0.538. The first-order valence-electron chi connectivity index (χ1n) is 6.14. The van der Waals surface area contributed by atoms with E-state index in [0.717, 1.165) is 49.3 Å². The average molecular weight is 297 g/mol. The van der Waals surface area contributed by atoms with Crippen molar-refractivity contribution in [2.45, 2.75) is 25.4 Å². The van der Waals surface area contributed by atoms with Crippen molar-refractivity contribution in [1.29, 1.82) is 0 Å². The zero-order valence-corrected chi connectivity index (χ0v) is 11.4. The molecule has 17 heavy (non-hydrogen) atoms. The highest BCUT2D eigenvalue weighted by Crippen LogP contribution is 2.34. The highest BCUT2D eigenvalue weighted by atomic mass is 79.9. The second kappa shape index (κ2) is 4.59. The predicted octanol–water partition coefficient (Wildman–Crippen LogP) is 1.92. The Labute approximate surface area is 110 Å². The summed E-state index contributed by atoms with van der Waals surface area (Å²) in [5, 5.41) is 0. The highest BCUT2D eigenvalue weighted by Gasteiger charge is 2.23. The number of nitrogens with zero attached hydrogens (tertiary/aromatic N) is 1. The van der Waals surface area contributed by atoms with Crippen LogP contribution >= 0.6 is 15.9 Å². The molecule has 2 aliphatic heterocycles. The summed E-state index contributed by atoms with van der Waals surface area (Å²) < 4.78 is 6.90. The smallest absolute Gasteiger partial charge is 0.127 e. The maximum absolute atomic E-state index is 5.94. The Morgan fingerprint density at radius 3 is 3.12 bits per heavy atom. The van der Waals surface area contributed by atoms with Crippen LogP contribution in [0.3, 0.4) is 0 Å². The van der Waals surface area contributed by atoms with Crippen molar-refractivity contribution in [3.8, 4) is 5.75 Å². The quantitative estimate of drug-likeness (QED) is 0.906. The van der Waals surface area contributed by atoms with Crippen LogP contribution in [-0.4, -0.2) is 30.6 Å². The number of nitrogens with two attached hydrogens (primary N) is 1. The molecule has 0 amide bonds. The molecule has 2 N–H and O–H groups in total. The summed E-state index contributed by atoms with van der Waals surface area (Å²) in [7, 11) is 0. The molecule has 3 rings (SSSR count). The van der Waals surface area contributed by atoms with E-state index in [-0.39, 0.29) is 0 Å². The Morgan fingerprint density at radius 1 is 1.47 bits per heavy atom. The van der Waals surface area contributed by atoms with Gasteiger partial charge in [0.05, 0.1) is 6.61 Å². The second-order valence-corrected chi connectivity index (χ2v) is 5.85. The van der Waals surface area contributed by atoms with Gasteiger partial charge in [0.25, 0.3) is 0 Å². The number of benzene rings is 1. The lowest BCUT2D eigenvalue weighted by atomic mass is 10.1. The Morgan fingerprint density at radius 2 is 2.35 bits per heavy atom. The fourth-order valence-corrected chi connectivity index (χ4v) is 3.26. The number of halogens is 1. The summed E-state index contributed by atoms with van der Waals surface area (Å²) in [6, 6.07) is 4.69. The number of fused-ring (bicyclic) bond motifs is 1. The summed E-state index contributed by atoms with van der Waals surface area (Å²) in [5.41, 5.74) is 8.56. The summed E-state index contributed by atoms with van der Waals surface area (Å²) in [6.07, 6.45) is 2.14. The lowest BCUT2D eigenvalue weighted by molar-refractivity contribution is 0.310. The molecule has 0 aliphatic carbocycles. The van der Waals surface area contributed by atoms with Crippen molar-refractivity contribution in [2.75, 3.05) is 19.7 Å². The van der Waals surface area contributed by atoms with E-state index in [1.54, 1.807) is 0 Å². The molecule has 2 heterocycles. The molecule has 0 radical (unpaired) electrons. The van der Waals surface area contributed by atoms with Crippen LogP contribution < -0.4 is 10.5 Å². The first-order chi connectivity index (χ1) is 8.22. The van der Waals surface area contributed by atoms with Crippen LogP contribution in [0.4, 0.5) is 0 Å². The molecule has 1 atom stereocenters. The summed E-state index contributed by atoms with van der Waals surface area (Å²) >= 11 is 3.58. The molecule has 2 aliphatic rings. The lowest BCUT2D eigenvalue weighted by Crippen LogP contribution is -2.26. The van der Waals surface area contributed by atoms with Gasteiger partial charge in [-0.05, 0) is 24.1 Å². The van der Waals surface area contributed by atoms with Crippen molar-refractivity contribution in [2.24, 2.45) is 5.73 Å². The van der Waals surface area contributed by atoms with E-state index in [1.165, 1.54) is 11.1 Å². The summed E-state index contributed by atoms with van der Waals surface area (Å²) in [6.45, 7) is 3.87. The van der Waals surface area contributed by atoms with Crippen LogP contribution in [0.5, 0.6) is 5.75 Å². The van der Waals surface area contributed by atoms with Crippen molar-refractivity contribution in [1.82, 2.24) is 4.90 Å². The maximum atomic E-state index is 5.94. The maximum Gasteiger partial charge on any atom is 0.127 e. The van der Waals surface area contributed by atoms with E-state index in [1.807, 2.05) is 0 Å². The first kappa shape index (κ1) is 11.5. The average Bonchev–Trinajstić information content (AvgIpc) is 2.87. The van der Waals surface area contributed by atoms with Crippen LogP contribution in [0.25, 0.3) is 0 Å². The summed E-state index contributed by atoms with van der Waals surface area (Å²) in [5.74, 6) is 1.11. The first-order valence-corrected chi connectivity index (χ1v) is 6.94. The molecule has 1 aromatic rings. The van der Waals surface area contributed by atoms with Gasteiger partial charge in [-0.15, -0.1) is 0 Å². The topological polar surface area (TPSA) is 38.5 Å². The molecular weight excluding hydrogens is 280 g/mol. The molecule has 0 unspecified atom stereocenters. The van der Waals surface area contributed by atoms with Crippen molar-refractivity contribution in [3.05, 3.63) is 27.7 Å². The third-order valence-corrected chi connectivity index (χ3v) is 3.99. The minimum atomic E-state index is 0.344. The van der Waals surface area contributed by atoms with E-state index in [4.69, 9.17) is 10.5 Å². The molecule has 0 bridgehead atoms. The molecule has 1 fully saturated rings. The van der Waals surface area contributed by atoms with Crippen LogP contribution in [0, 0.1) is 0 Å². The monoisotopic (exact) mass is 296 g/mol. The minimum absolute atomic E-state index is 0.344. The van der Waals surface area contributed by atoms with Crippen molar-refractivity contribution < 1.29 is 4.74 Å². The molecule has 0 aromatic heterocycles. The van der Waals surface area contributed by atoms with Crippen LogP contribution in [-0.2, 0) is 13.0 Å². The Bertz CT molecular complexity index is 436. The van der Waals surface area contributed by atoms with E-state index < -0.39 is 0 Å². The zero-order chi connectivity index (χ0) is 11.8. The molecule has 1 aromatic carbocycles. The number of likely N-dealkylation sites (tertiary alicyclic amines) is 1. The SMILES string of the molecule is N[C@@H]1CCN(Cc2cc(Br)cc3c2OCC3)C1. The lowest BCUT2D eigenvalue weighted by Gasteiger charge is -2.17. The largest absolute Gasteiger partial charge is 0.493 e. The number of hydrogen-bond donors (Lipinski definition) is 1. The van der Waals surface area contributed by atoms with E-state index in [9.17, 15) is 0 Å². The van der Waals surface area contributed by atoms with E-state index >= 15 is 0 Å². The Balaban J connectivity index is 1.83. The number of ether oxygens (including phenoxy) is 1. The normalized spacial score (nSPS) is 23.8. The molecule has 4 heteroatoms. The van der Waals surface area contributed by atoms with Gasteiger partial charge in [0.1, 0.15) is 5.75 Å². The van der Waals surface area contributed by atoms with Gasteiger partial charge in [0, 0.05) is 42.1 Å². The molecular formula is C13H17BrN2O. The summed E-state index contributed by atoms with van der Waals surface area (Å²) in [4.78, 5) is 2.41. The predicted molar refractivity (Wildman–Crippen MR) is 71.2 cm³/mol. The van der Waals surface area contributed by atoms with Gasteiger partial charge in [0.15, 0.2) is 0 Å². The second-order valence-electron chi connectivity index (χ2n) is 4.94. The Hall–Kier alpha value is -0.580. The van der Waals surface area contributed by atoms with Gasteiger partial charge in [-0.3, -0.25) is 4.90 Å². The van der Waals surface area contributed by atoms with E-state index in [0.29, 0.717) is 6.04 Å². The Kier molecular flexibility index (Phi) is 3.11. The molecule has 0 saturated carbocycles. The molecule has 1 saturated heterocycles. The zero-order valence-electron chi connectivity index (χ0n) is 9.79. The van der Waals surface area contributed by atoms with Gasteiger partial charge in [-0.1, -0.05) is 15.9 Å². The van der Waals surface area contributed by atoms with Crippen molar-refractivity contribution in [3.63, 3.8) is 0 Å². The highest BCUT2D eigenvalue weighted by molar-refractivity contribution is 9.10. The number of hydrogen-bond acceptors (Lipinski definition) is 3. The van der Waals surface area contributed by atoms with Crippen LogP contribution in [0.1, 0.15) is 17.5 Å². The van der Waals surface area contributed by atoms with Gasteiger partial charge < -0.3 is 10.5 Å². The van der Waals surface area contributed by atoms with Crippen molar-refractivity contribution >= 4 is 15.9 Å². The number of rotatable bonds is 2. The van der Waals surface area contributed by atoms with Gasteiger partial charge >= 0.3 is 0 Å². The molecule has 0 spiro atoms. The molecule has 3 nitrogen and oxygen atoms in total. The standard InChI is InChI=1S/C13H17BrN2O/c14-11-5-9-2-4-17-13(9)10(6-11)7-16-3-1-12(15)8-16/h5-6,12H,1-4,7-8,15H2/t12-/m1/s1. The van der Waals surface area contributed by atoms with Gasteiger partial charge in [-0.25, -0.2) is 0 Å². The van der Waals surface area contributed by atoms with E-state index in [2.05, 4.69) is 33.0 Å². The van der Waals surface area contributed by atoms with Gasteiger partial charge in [-0.2, -0.15) is 0 Å². The third-order valence-electron chi connectivity index (χ3n) is 3.53. The fourth-order valence-electron chi connectivity index (χ4n) is 2.71. The van der Waals surface area contributed by atoms with Gasteiger partial charge in [0.2, 0.25) is 0 Å². The minimum Gasteiger partial charge on any atom is -0.493 e. The van der Waals surface area contributed by atoms with Crippen LogP contribution in [0.15, 0.2) is 16.6 Å². The molecule has 92 valence electrons. The third kappa shape index (κ3) is 2.34.